The Kier molecular flexibility index (Phi) is 7.65. The monoisotopic (exact) mass is 498 g/mol. The summed E-state index contributed by atoms with van der Waals surface area (Å²) in [5.74, 6) is 0.860. The third-order valence-corrected chi connectivity index (χ3v) is 6.56. The number of aromatic nitrogens is 1. The van der Waals surface area contributed by atoms with Crippen molar-refractivity contribution in [1.82, 2.24) is 4.98 Å². The maximum Gasteiger partial charge on any atom is 0.234 e. The summed E-state index contributed by atoms with van der Waals surface area (Å²) in [6, 6.07) is 12.2. The Bertz CT molecular complexity index is 1210. The van der Waals surface area contributed by atoms with E-state index in [4.69, 9.17) is 9.47 Å². The molecule has 11 heteroatoms. The number of hydrogen-bond acceptors (Lipinski definition) is 8. The van der Waals surface area contributed by atoms with Crippen LogP contribution in [0.4, 0.5) is 17.1 Å². The van der Waals surface area contributed by atoms with Crippen LogP contribution in [0.3, 0.4) is 0 Å². The van der Waals surface area contributed by atoms with Gasteiger partial charge in [0.2, 0.25) is 17.7 Å². The van der Waals surface area contributed by atoms with Gasteiger partial charge in [-0.1, -0.05) is 17.8 Å². The molecule has 1 aliphatic heterocycles. The molecule has 2 aromatic carbocycles. The first kappa shape index (κ1) is 23.6. The Morgan fingerprint density at radius 2 is 1.65 bits per heavy atom. The van der Waals surface area contributed by atoms with E-state index in [0.29, 0.717) is 51.8 Å². The van der Waals surface area contributed by atoms with Gasteiger partial charge in [-0.2, -0.15) is 0 Å². The Morgan fingerprint density at radius 3 is 2.44 bits per heavy atom. The molecule has 0 fully saturated rings. The van der Waals surface area contributed by atoms with Gasteiger partial charge in [-0.25, -0.2) is 4.98 Å². The van der Waals surface area contributed by atoms with Crippen molar-refractivity contribution in [3.8, 4) is 11.5 Å². The number of carbonyl (C=O) groups excluding carboxylic acids is 3. The van der Waals surface area contributed by atoms with Crippen molar-refractivity contribution >= 4 is 57.9 Å². The van der Waals surface area contributed by atoms with Crippen molar-refractivity contribution in [2.45, 2.75) is 17.7 Å². The van der Waals surface area contributed by atoms with E-state index < -0.39 is 0 Å². The van der Waals surface area contributed by atoms with Crippen LogP contribution in [-0.4, -0.2) is 41.7 Å². The maximum absolute atomic E-state index is 12.4. The number of benzene rings is 2. The number of thioether (sulfide) groups is 1. The number of thiazole rings is 1. The SMILES string of the molecule is CC(=O)Nc1cccc(NC(=O)CSc2nc(CC(=O)Nc3ccc4c(c3)OCCO4)cs2)c1. The summed E-state index contributed by atoms with van der Waals surface area (Å²) in [4.78, 5) is 40.3. The molecule has 34 heavy (non-hydrogen) atoms. The smallest absolute Gasteiger partial charge is 0.234 e. The molecule has 3 amide bonds. The van der Waals surface area contributed by atoms with Crippen LogP contribution in [0.1, 0.15) is 12.6 Å². The second-order valence-corrected chi connectivity index (χ2v) is 9.37. The first-order chi connectivity index (χ1) is 16.4. The minimum Gasteiger partial charge on any atom is -0.486 e. The Morgan fingerprint density at radius 1 is 0.941 bits per heavy atom. The van der Waals surface area contributed by atoms with Gasteiger partial charge in [-0.3, -0.25) is 14.4 Å². The Labute approximate surface area is 204 Å². The first-order valence-electron chi connectivity index (χ1n) is 10.4. The van der Waals surface area contributed by atoms with Crippen molar-refractivity contribution < 1.29 is 23.9 Å². The van der Waals surface area contributed by atoms with Crippen LogP contribution >= 0.6 is 23.1 Å². The predicted octanol–water partition coefficient (Wildman–Crippen LogP) is 3.78. The molecule has 0 spiro atoms. The van der Waals surface area contributed by atoms with Crippen molar-refractivity contribution in [2.24, 2.45) is 0 Å². The van der Waals surface area contributed by atoms with Gasteiger partial charge in [0.15, 0.2) is 15.8 Å². The topological polar surface area (TPSA) is 119 Å². The van der Waals surface area contributed by atoms with Crippen molar-refractivity contribution in [3.05, 3.63) is 53.5 Å². The Balaban J connectivity index is 1.24. The first-order valence-corrected chi connectivity index (χ1v) is 12.3. The molecule has 2 heterocycles. The highest BCUT2D eigenvalue weighted by atomic mass is 32.2. The van der Waals surface area contributed by atoms with Gasteiger partial charge in [0.05, 0.1) is 17.9 Å². The number of fused-ring (bicyclic) bond motifs is 1. The van der Waals surface area contributed by atoms with Gasteiger partial charge in [-0.05, 0) is 30.3 Å². The summed E-state index contributed by atoms with van der Waals surface area (Å²) < 4.78 is 11.7. The van der Waals surface area contributed by atoms with Gasteiger partial charge >= 0.3 is 0 Å². The van der Waals surface area contributed by atoms with Gasteiger partial charge in [0.25, 0.3) is 0 Å². The summed E-state index contributed by atoms with van der Waals surface area (Å²) in [7, 11) is 0. The fraction of sp³-hybridized carbons (Fsp3) is 0.217. The summed E-state index contributed by atoms with van der Waals surface area (Å²) in [6.45, 7) is 2.41. The quantitative estimate of drug-likeness (QED) is 0.405. The third-order valence-electron chi connectivity index (χ3n) is 4.49. The molecule has 0 bridgehead atoms. The molecule has 0 radical (unpaired) electrons. The minimum atomic E-state index is -0.199. The highest BCUT2D eigenvalue weighted by Gasteiger charge is 2.14. The average Bonchev–Trinajstić information content (AvgIpc) is 3.24. The van der Waals surface area contributed by atoms with Gasteiger partial charge in [-0.15, -0.1) is 11.3 Å². The van der Waals surface area contributed by atoms with E-state index in [2.05, 4.69) is 20.9 Å². The number of rotatable bonds is 8. The third kappa shape index (κ3) is 6.72. The van der Waals surface area contributed by atoms with Crippen LogP contribution in [0.2, 0.25) is 0 Å². The molecule has 1 aliphatic rings. The molecule has 9 nitrogen and oxygen atoms in total. The number of nitrogens with zero attached hydrogens (tertiary/aromatic N) is 1. The van der Waals surface area contributed by atoms with Crippen molar-refractivity contribution in [2.75, 3.05) is 34.9 Å². The molecule has 1 aromatic heterocycles. The molecule has 176 valence electrons. The molecule has 0 unspecified atom stereocenters. The summed E-state index contributed by atoms with van der Waals surface area (Å²) >= 11 is 2.68. The summed E-state index contributed by atoms with van der Waals surface area (Å²) in [5.41, 5.74) is 2.45. The zero-order valence-corrected chi connectivity index (χ0v) is 19.9. The zero-order chi connectivity index (χ0) is 23.9. The van der Waals surface area contributed by atoms with Gasteiger partial charge < -0.3 is 25.4 Å². The van der Waals surface area contributed by atoms with Gasteiger partial charge in [0.1, 0.15) is 13.2 Å². The van der Waals surface area contributed by atoms with E-state index in [-0.39, 0.29) is 29.9 Å². The van der Waals surface area contributed by atoms with Crippen molar-refractivity contribution in [1.29, 1.82) is 0 Å². The number of ether oxygens (including phenoxy) is 2. The zero-order valence-electron chi connectivity index (χ0n) is 18.3. The van der Waals surface area contributed by atoms with Crippen LogP contribution in [-0.2, 0) is 20.8 Å². The fourth-order valence-corrected chi connectivity index (χ4v) is 4.77. The maximum atomic E-state index is 12.4. The molecular formula is C23H22N4O5S2. The highest BCUT2D eigenvalue weighted by molar-refractivity contribution is 8.01. The summed E-state index contributed by atoms with van der Waals surface area (Å²) in [5, 5.41) is 10.1. The predicted molar refractivity (Wildman–Crippen MR) is 132 cm³/mol. The number of anilines is 3. The number of nitrogens with one attached hydrogen (secondary N) is 3. The average molecular weight is 499 g/mol. The second-order valence-electron chi connectivity index (χ2n) is 7.29. The molecule has 3 aromatic rings. The molecule has 0 atom stereocenters. The van der Waals surface area contributed by atoms with Gasteiger partial charge in [0, 0.05) is 35.4 Å². The lowest BCUT2D eigenvalue weighted by atomic mass is 10.2. The summed E-state index contributed by atoms with van der Waals surface area (Å²) in [6.07, 6.45) is 0.119. The molecule has 3 N–H and O–H groups in total. The van der Waals surface area contributed by atoms with Crippen LogP contribution in [0.5, 0.6) is 11.5 Å². The molecule has 0 aliphatic carbocycles. The van der Waals surface area contributed by atoms with Crippen LogP contribution in [0.25, 0.3) is 0 Å². The largest absolute Gasteiger partial charge is 0.486 e. The van der Waals surface area contributed by atoms with Crippen LogP contribution < -0.4 is 25.4 Å². The normalized spacial score (nSPS) is 12.0. The molecule has 4 rings (SSSR count). The molecule has 0 saturated carbocycles. The Hall–Kier alpha value is -3.57. The minimum absolute atomic E-state index is 0.119. The van der Waals surface area contributed by atoms with E-state index in [9.17, 15) is 14.4 Å². The van der Waals surface area contributed by atoms with Crippen molar-refractivity contribution in [3.63, 3.8) is 0 Å². The standard InChI is InChI=1S/C23H22N4O5S2/c1-14(28)24-15-3-2-4-16(9-15)26-22(30)13-34-23-27-18(12-33-23)11-21(29)25-17-5-6-19-20(10-17)32-8-7-31-19/h2-6,9-10,12H,7-8,11,13H2,1H3,(H,24,28)(H,25,29)(H,26,30). The second kappa shape index (κ2) is 11.0. The number of carbonyl (C=O) groups is 3. The number of amides is 3. The lowest BCUT2D eigenvalue weighted by Crippen LogP contribution is -2.17. The number of hydrogen-bond donors (Lipinski definition) is 3. The van der Waals surface area contributed by atoms with E-state index >= 15 is 0 Å². The van der Waals surface area contributed by atoms with E-state index in [1.165, 1.54) is 30.0 Å². The highest BCUT2D eigenvalue weighted by Crippen LogP contribution is 2.32. The van der Waals surface area contributed by atoms with E-state index in [1.807, 2.05) is 0 Å². The lowest BCUT2D eigenvalue weighted by Gasteiger charge is -2.18. The van der Waals surface area contributed by atoms with E-state index in [0.717, 1.165) is 0 Å². The fourth-order valence-electron chi connectivity index (χ4n) is 3.13. The molecular weight excluding hydrogens is 476 g/mol. The molecule has 0 saturated heterocycles. The van der Waals surface area contributed by atoms with E-state index in [1.54, 1.807) is 47.8 Å². The van der Waals surface area contributed by atoms with Crippen LogP contribution in [0, 0.1) is 0 Å². The lowest BCUT2D eigenvalue weighted by molar-refractivity contribution is -0.116. The van der Waals surface area contributed by atoms with Crippen LogP contribution in [0.15, 0.2) is 52.2 Å².